The highest BCUT2D eigenvalue weighted by Crippen LogP contribution is 2.39. The molecule has 0 N–H and O–H groups in total. The fourth-order valence-corrected chi connectivity index (χ4v) is 3.41. The van der Waals surface area contributed by atoms with Crippen molar-refractivity contribution in [3.63, 3.8) is 0 Å². The minimum atomic E-state index is 0.204. The number of aromatic nitrogens is 2. The fourth-order valence-electron chi connectivity index (χ4n) is 2.27. The molecule has 3 heteroatoms. The third kappa shape index (κ3) is 3.31. The molecule has 0 radical (unpaired) electrons. The second kappa shape index (κ2) is 6.55. The monoisotopic (exact) mass is 292 g/mol. The van der Waals surface area contributed by atoms with Gasteiger partial charge in [-0.05, 0) is 29.7 Å². The van der Waals surface area contributed by atoms with E-state index in [1.165, 1.54) is 16.7 Å². The van der Waals surface area contributed by atoms with Gasteiger partial charge >= 0.3 is 0 Å². The molecule has 0 aliphatic rings. The van der Waals surface area contributed by atoms with Crippen LogP contribution in [0.4, 0.5) is 0 Å². The van der Waals surface area contributed by atoms with E-state index in [1.54, 1.807) is 24.2 Å². The number of hydrogen-bond donors (Lipinski definition) is 0. The van der Waals surface area contributed by atoms with E-state index in [-0.39, 0.29) is 5.25 Å². The SMILES string of the molecule is Cc1ccccc1C(Sc1ncccn1)c1ccccc1. The molecule has 1 unspecified atom stereocenters. The summed E-state index contributed by atoms with van der Waals surface area (Å²) < 4.78 is 0. The minimum Gasteiger partial charge on any atom is -0.231 e. The van der Waals surface area contributed by atoms with Gasteiger partial charge in [0.05, 0.1) is 5.25 Å². The summed E-state index contributed by atoms with van der Waals surface area (Å²) in [5, 5.41) is 1.00. The van der Waals surface area contributed by atoms with E-state index >= 15 is 0 Å². The molecule has 0 aliphatic heterocycles. The summed E-state index contributed by atoms with van der Waals surface area (Å²) in [5.74, 6) is 0. The van der Waals surface area contributed by atoms with Gasteiger partial charge in [0.15, 0.2) is 5.16 Å². The van der Waals surface area contributed by atoms with Crippen LogP contribution in [-0.2, 0) is 0 Å². The number of rotatable bonds is 4. The van der Waals surface area contributed by atoms with Crippen molar-refractivity contribution in [2.24, 2.45) is 0 Å². The van der Waals surface area contributed by atoms with Gasteiger partial charge in [0.2, 0.25) is 0 Å². The van der Waals surface area contributed by atoms with Crippen LogP contribution in [0.2, 0.25) is 0 Å². The molecule has 1 atom stereocenters. The van der Waals surface area contributed by atoms with Gasteiger partial charge in [0, 0.05) is 12.4 Å². The first kappa shape index (κ1) is 13.8. The Balaban J connectivity index is 2.02. The highest BCUT2D eigenvalue weighted by molar-refractivity contribution is 7.99. The second-order valence-corrected chi connectivity index (χ2v) is 5.87. The molecule has 0 saturated heterocycles. The van der Waals surface area contributed by atoms with E-state index in [2.05, 4.69) is 65.4 Å². The molecule has 1 heterocycles. The molecule has 0 aliphatic carbocycles. The average molecular weight is 292 g/mol. The van der Waals surface area contributed by atoms with Gasteiger partial charge in [-0.25, -0.2) is 9.97 Å². The Morgan fingerprint density at radius 1 is 0.810 bits per heavy atom. The number of benzene rings is 2. The summed E-state index contributed by atoms with van der Waals surface area (Å²) in [5.41, 5.74) is 3.86. The normalized spacial score (nSPS) is 12.0. The lowest BCUT2D eigenvalue weighted by atomic mass is 10.0. The molecule has 0 saturated carbocycles. The molecule has 3 rings (SSSR count). The maximum Gasteiger partial charge on any atom is 0.188 e. The van der Waals surface area contributed by atoms with Crippen LogP contribution < -0.4 is 0 Å². The van der Waals surface area contributed by atoms with E-state index in [4.69, 9.17) is 0 Å². The Bertz CT molecular complexity index is 699. The zero-order chi connectivity index (χ0) is 14.5. The van der Waals surface area contributed by atoms with Crippen LogP contribution in [0, 0.1) is 6.92 Å². The zero-order valence-electron chi connectivity index (χ0n) is 11.8. The quantitative estimate of drug-likeness (QED) is 0.516. The highest BCUT2D eigenvalue weighted by atomic mass is 32.2. The van der Waals surface area contributed by atoms with Crippen LogP contribution in [-0.4, -0.2) is 9.97 Å². The first-order valence-corrected chi connectivity index (χ1v) is 7.77. The molecule has 21 heavy (non-hydrogen) atoms. The molecule has 3 aromatic rings. The molecule has 2 nitrogen and oxygen atoms in total. The largest absolute Gasteiger partial charge is 0.231 e. The van der Waals surface area contributed by atoms with Crippen molar-refractivity contribution in [1.29, 1.82) is 0 Å². The molecular formula is C18H16N2S. The topological polar surface area (TPSA) is 25.8 Å². The first-order chi connectivity index (χ1) is 10.3. The van der Waals surface area contributed by atoms with Gasteiger partial charge in [-0.1, -0.05) is 66.4 Å². The second-order valence-electron chi connectivity index (χ2n) is 4.80. The van der Waals surface area contributed by atoms with Gasteiger partial charge in [-0.15, -0.1) is 0 Å². The predicted octanol–water partition coefficient (Wildman–Crippen LogP) is 4.67. The highest BCUT2D eigenvalue weighted by Gasteiger charge is 2.18. The van der Waals surface area contributed by atoms with Gasteiger partial charge in [0.25, 0.3) is 0 Å². The van der Waals surface area contributed by atoms with Crippen molar-refractivity contribution in [1.82, 2.24) is 9.97 Å². The maximum absolute atomic E-state index is 4.35. The van der Waals surface area contributed by atoms with Crippen molar-refractivity contribution in [2.45, 2.75) is 17.3 Å². The molecule has 0 spiro atoms. The van der Waals surface area contributed by atoms with Crippen molar-refractivity contribution in [2.75, 3.05) is 0 Å². The summed E-state index contributed by atoms with van der Waals surface area (Å²) in [4.78, 5) is 8.70. The van der Waals surface area contributed by atoms with Crippen molar-refractivity contribution in [3.05, 3.63) is 89.7 Å². The molecule has 104 valence electrons. The van der Waals surface area contributed by atoms with E-state index in [9.17, 15) is 0 Å². The van der Waals surface area contributed by atoms with E-state index in [0.717, 1.165) is 5.16 Å². The molecule has 2 aromatic carbocycles. The maximum atomic E-state index is 4.35. The predicted molar refractivity (Wildman–Crippen MR) is 87.4 cm³/mol. The van der Waals surface area contributed by atoms with Crippen molar-refractivity contribution >= 4 is 11.8 Å². The van der Waals surface area contributed by atoms with Crippen LogP contribution in [0.3, 0.4) is 0 Å². The standard InChI is InChI=1S/C18H16N2S/c1-14-8-5-6-11-16(14)17(15-9-3-2-4-10-15)21-18-19-12-7-13-20-18/h2-13,17H,1H3. The Morgan fingerprint density at radius 3 is 2.19 bits per heavy atom. The number of aryl methyl sites for hydroxylation is 1. The number of thioether (sulfide) groups is 1. The Kier molecular flexibility index (Phi) is 4.31. The van der Waals surface area contributed by atoms with Crippen LogP contribution in [0.5, 0.6) is 0 Å². The Morgan fingerprint density at radius 2 is 1.48 bits per heavy atom. The lowest BCUT2D eigenvalue weighted by molar-refractivity contribution is 0.956. The van der Waals surface area contributed by atoms with Crippen molar-refractivity contribution < 1.29 is 0 Å². The Labute approximate surface area is 129 Å². The van der Waals surface area contributed by atoms with Gasteiger partial charge in [-0.2, -0.15) is 0 Å². The van der Waals surface area contributed by atoms with Crippen LogP contribution >= 0.6 is 11.8 Å². The number of nitrogens with zero attached hydrogens (tertiary/aromatic N) is 2. The lowest BCUT2D eigenvalue weighted by Gasteiger charge is -2.18. The summed E-state index contributed by atoms with van der Waals surface area (Å²) in [6, 6.07) is 20.9. The Hall–Kier alpha value is -2.13. The molecule has 0 fully saturated rings. The van der Waals surface area contributed by atoms with Crippen LogP contribution in [0.15, 0.2) is 78.2 Å². The van der Waals surface area contributed by atoms with Gasteiger partial charge < -0.3 is 0 Å². The smallest absolute Gasteiger partial charge is 0.188 e. The molecule has 0 bridgehead atoms. The zero-order valence-corrected chi connectivity index (χ0v) is 12.6. The van der Waals surface area contributed by atoms with Gasteiger partial charge in [-0.3, -0.25) is 0 Å². The fraction of sp³-hybridized carbons (Fsp3) is 0.111. The summed E-state index contributed by atoms with van der Waals surface area (Å²) in [7, 11) is 0. The summed E-state index contributed by atoms with van der Waals surface area (Å²) in [6.45, 7) is 2.15. The average Bonchev–Trinajstić information content (AvgIpc) is 2.55. The minimum absolute atomic E-state index is 0.204. The van der Waals surface area contributed by atoms with Crippen molar-refractivity contribution in [3.8, 4) is 0 Å². The van der Waals surface area contributed by atoms with E-state index in [1.807, 2.05) is 12.1 Å². The third-order valence-electron chi connectivity index (χ3n) is 3.34. The first-order valence-electron chi connectivity index (χ1n) is 6.89. The molecular weight excluding hydrogens is 276 g/mol. The van der Waals surface area contributed by atoms with Gasteiger partial charge in [0.1, 0.15) is 0 Å². The van der Waals surface area contributed by atoms with E-state index in [0.29, 0.717) is 0 Å². The lowest BCUT2D eigenvalue weighted by Crippen LogP contribution is -2.00. The van der Waals surface area contributed by atoms with Crippen LogP contribution in [0.1, 0.15) is 21.9 Å². The van der Waals surface area contributed by atoms with E-state index < -0.39 is 0 Å². The third-order valence-corrected chi connectivity index (χ3v) is 4.52. The summed E-state index contributed by atoms with van der Waals surface area (Å²) >= 11 is 1.69. The molecule has 1 aromatic heterocycles. The number of hydrogen-bond acceptors (Lipinski definition) is 3. The summed E-state index contributed by atoms with van der Waals surface area (Å²) in [6.07, 6.45) is 3.57. The molecule has 0 amide bonds. The van der Waals surface area contributed by atoms with Crippen LogP contribution in [0.25, 0.3) is 0 Å².